The summed E-state index contributed by atoms with van der Waals surface area (Å²) in [6.45, 7) is 4.58. The van der Waals surface area contributed by atoms with E-state index in [4.69, 9.17) is 5.73 Å². The Labute approximate surface area is 150 Å². The second kappa shape index (κ2) is 8.00. The molecule has 1 aliphatic heterocycles. The number of carbonyl (C=O) groups is 2. The third kappa shape index (κ3) is 4.40. The van der Waals surface area contributed by atoms with Crippen LogP contribution in [-0.2, 0) is 16.0 Å². The van der Waals surface area contributed by atoms with E-state index >= 15 is 0 Å². The monoisotopic (exact) mass is 343 g/mol. The molecule has 1 aromatic carbocycles. The van der Waals surface area contributed by atoms with Gasteiger partial charge in [0.2, 0.25) is 11.8 Å². The van der Waals surface area contributed by atoms with E-state index in [0.717, 1.165) is 30.4 Å². The van der Waals surface area contributed by atoms with Crippen molar-refractivity contribution >= 4 is 11.8 Å². The molecule has 1 aliphatic carbocycles. The van der Waals surface area contributed by atoms with Gasteiger partial charge in [0, 0.05) is 38.6 Å². The molecule has 1 heterocycles. The zero-order valence-corrected chi connectivity index (χ0v) is 15.1. The van der Waals surface area contributed by atoms with Crippen LogP contribution in [0.1, 0.15) is 36.8 Å². The predicted octanol–water partition coefficient (Wildman–Crippen LogP) is 1.73. The minimum absolute atomic E-state index is 0.152. The summed E-state index contributed by atoms with van der Waals surface area (Å²) in [4.78, 5) is 28.8. The van der Waals surface area contributed by atoms with Gasteiger partial charge >= 0.3 is 0 Å². The lowest BCUT2D eigenvalue weighted by Crippen LogP contribution is -2.51. The van der Waals surface area contributed by atoms with Gasteiger partial charge in [0.05, 0.1) is 6.42 Å². The Morgan fingerprint density at radius 1 is 1.04 bits per heavy atom. The summed E-state index contributed by atoms with van der Waals surface area (Å²) in [7, 11) is 0. The summed E-state index contributed by atoms with van der Waals surface area (Å²) in [5, 5.41) is 0. The first-order valence-electron chi connectivity index (χ1n) is 9.40. The first-order chi connectivity index (χ1) is 12.0. The van der Waals surface area contributed by atoms with Gasteiger partial charge in [0.1, 0.15) is 0 Å². The first kappa shape index (κ1) is 17.9. The first-order valence-corrected chi connectivity index (χ1v) is 9.40. The fourth-order valence-electron chi connectivity index (χ4n) is 3.96. The summed E-state index contributed by atoms with van der Waals surface area (Å²) in [6, 6.07) is 8.19. The van der Waals surface area contributed by atoms with Crippen molar-refractivity contribution in [1.82, 2.24) is 9.80 Å². The summed E-state index contributed by atoms with van der Waals surface area (Å²) >= 11 is 0. The number of rotatable bonds is 4. The quantitative estimate of drug-likeness (QED) is 0.905. The molecule has 3 rings (SSSR count). The number of piperazine rings is 1. The fourth-order valence-corrected chi connectivity index (χ4v) is 3.96. The van der Waals surface area contributed by atoms with Crippen molar-refractivity contribution in [2.45, 2.75) is 45.1 Å². The van der Waals surface area contributed by atoms with Gasteiger partial charge in [0.25, 0.3) is 0 Å². The number of carbonyl (C=O) groups excluding carboxylic acids is 2. The van der Waals surface area contributed by atoms with Crippen LogP contribution in [0, 0.1) is 12.8 Å². The van der Waals surface area contributed by atoms with Crippen molar-refractivity contribution in [3.8, 4) is 0 Å². The fraction of sp³-hybridized carbons (Fsp3) is 0.600. The van der Waals surface area contributed by atoms with Crippen LogP contribution in [-0.4, -0.2) is 53.8 Å². The molecular formula is C20H29N3O2. The van der Waals surface area contributed by atoms with E-state index in [9.17, 15) is 9.59 Å². The van der Waals surface area contributed by atoms with Crippen LogP contribution in [0.5, 0.6) is 0 Å². The maximum Gasteiger partial charge on any atom is 0.227 e. The van der Waals surface area contributed by atoms with E-state index in [1.54, 1.807) is 0 Å². The number of nitrogens with two attached hydrogens (primary N) is 1. The Bertz CT molecular complexity index is 623. The van der Waals surface area contributed by atoms with Gasteiger partial charge in [-0.15, -0.1) is 0 Å². The van der Waals surface area contributed by atoms with Crippen molar-refractivity contribution in [1.29, 1.82) is 0 Å². The minimum atomic E-state index is 0.152. The Morgan fingerprint density at radius 2 is 1.68 bits per heavy atom. The molecule has 2 aliphatic rings. The molecule has 1 saturated heterocycles. The van der Waals surface area contributed by atoms with Gasteiger partial charge in [-0.3, -0.25) is 9.59 Å². The maximum atomic E-state index is 12.5. The molecule has 0 bridgehead atoms. The van der Waals surface area contributed by atoms with Gasteiger partial charge < -0.3 is 15.5 Å². The highest BCUT2D eigenvalue weighted by molar-refractivity contribution is 5.80. The van der Waals surface area contributed by atoms with E-state index < -0.39 is 0 Å². The molecule has 1 saturated carbocycles. The van der Waals surface area contributed by atoms with Crippen molar-refractivity contribution < 1.29 is 9.59 Å². The normalized spacial score (nSPS) is 23.8. The summed E-state index contributed by atoms with van der Waals surface area (Å²) in [5.74, 6) is 0.695. The minimum Gasteiger partial charge on any atom is -0.339 e. The Morgan fingerprint density at radius 3 is 2.28 bits per heavy atom. The lowest BCUT2D eigenvalue weighted by Gasteiger charge is -2.35. The summed E-state index contributed by atoms with van der Waals surface area (Å²) < 4.78 is 0. The van der Waals surface area contributed by atoms with Crippen LogP contribution in [0.25, 0.3) is 0 Å². The third-order valence-electron chi connectivity index (χ3n) is 5.74. The smallest absolute Gasteiger partial charge is 0.227 e. The van der Waals surface area contributed by atoms with Crippen LogP contribution in [0.3, 0.4) is 0 Å². The van der Waals surface area contributed by atoms with Crippen molar-refractivity contribution in [2.24, 2.45) is 11.7 Å². The highest BCUT2D eigenvalue weighted by Gasteiger charge is 2.30. The summed E-state index contributed by atoms with van der Waals surface area (Å²) in [5.41, 5.74) is 8.32. The predicted molar refractivity (Wildman–Crippen MR) is 98.0 cm³/mol. The molecule has 2 atom stereocenters. The highest BCUT2D eigenvalue weighted by atomic mass is 16.2. The zero-order chi connectivity index (χ0) is 17.8. The standard InChI is InChI=1S/C20H29N3O2/c1-15-5-2-3-6-16(15)13-19(24)22-9-11-23(12-10-22)20(25)14-17-7-4-8-18(17)21/h2-3,5-6,17-18H,4,7-14,21H2,1H3/t17-,18+/m0/s1. The van der Waals surface area contributed by atoms with E-state index in [1.807, 2.05) is 41.0 Å². The van der Waals surface area contributed by atoms with Gasteiger partial charge in [-0.1, -0.05) is 30.7 Å². The van der Waals surface area contributed by atoms with Crippen molar-refractivity contribution in [3.63, 3.8) is 0 Å². The van der Waals surface area contributed by atoms with E-state index in [0.29, 0.717) is 44.9 Å². The number of hydrogen-bond acceptors (Lipinski definition) is 3. The third-order valence-corrected chi connectivity index (χ3v) is 5.74. The van der Waals surface area contributed by atoms with Gasteiger partial charge in [0.15, 0.2) is 0 Å². The average Bonchev–Trinajstić information content (AvgIpc) is 3.02. The highest BCUT2D eigenvalue weighted by Crippen LogP contribution is 2.27. The number of aryl methyl sites for hydroxylation is 1. The van der Waals surface area contributed by atoms with Crippen molar-refractivity contribution in [3.05, 3.63) is 35.4 Å². The van der Waals surface area contributed by atoms with Gasteiger partial charge in [-0.05, 0) is 36.8 Å². The Balaban J connectivity index is 1.47. The number of nitrogens with zero attached hydrogens (tertiary/aromatic N) is 2. The zero-order valence-electron chi connectivity index (χ0n) is 15.1. The van der Waals surface area contributed by atoms with Crippen molar-refractivity contribution in [2.75, 3.05) is 26.2 Å². The largest absolute Gasteiger partial charge is 0.339 e. The number of benzene rings is 1. The molecule has 0 radical (unpaired) electrons. The molecule has 5 nitrogen and oxygen atoms in total. The molecule has 136 valence electrons. The lowest BCUT2D eigenvalue weighted by atomic mass is 9.99. The van der Waals surface area contributed by atoms with Crippen LogP contribution in [0.4, 0.5) is 0 Å². The van der Waals surface area contributed by atoms with Crippen LogP contribution in [0.2, 0.25) is 0 Å². The molecule has 2 N–H and O–H groups in total. The molecular weight excluding hydrogens is 314 g/mol. The molecule has 5 heteroatoms. The van der Waals surface area contributed by atoms with Crippen LogP contribution in [0.15, 0.2) is 24.3 Å². The topological polar surface area (TPSA) is 66.6 Å². The molecule has 2 fully saturated rings. The molecule has 25 heavy (non-hydrogen) atoms. The van der Waals surface area contributed by atoms with E-state index in [2.05, 4.69) is 0 Å². The van der Waals surface area contributed by atoms with Gasteiger partial charge in [-0.25, -0.2) is 0 Å². The van der Waals surface area contributed by atoms with E-state index in [1.165, 1.54) is 0 Å². The molecule has 0 spiro atoms. The number of amides is 2. The average molecular weight is 343 g/mol. The Hall–Kier alpha value is -1.88. The molecule has 0 aromatic heterocycles. The maximum absolute atomic E-state index is 12.5. The second-order valence-electron chi connectivity index (χ2n) is 7.42. The van der Waals surface area contributed by atoms with Crippen LogP contribution < -0.4 is 5.73 Å². The molecule has 0 unspecified atom stereocenters. The molecule has 2 amide bonds. The van der Waals surface area contributed by atoms with E-state index in [-0.39, 0.29) is 17.9 Å². The lowest BCUT2D eigenvalue weighted by molar-refractivity contribution is -0.139. The number of hydrogen-bond donors (Lipinski definition) is 1. The van der Waals surface area contributed by atoms with Crippen LogP contribution >= 0.6 is 0 Å². The molecule has 1 aromatic rings. The summed E-state index contributed by atoms with van der Waals surface area (Å²) in [6.07, 6.45) is 4.26. The SMILES string of the molecule is Cc1ccccc1CC(=O)N1CCN(C(=O)C[C@@H]2CCC[C@H]2N)CC1. The Kier molecular flexibility index (Phi) is 5.74. The second-order valence-corrected chi connectivity index (χ2v) is 7.42. The van der Waals surface area contributed by atoms with Gasteiger partial charge in [-0.2, -0.15) is 0 Å².